The molecule has 0 heterocycles. The third-order valence-corrected chi connectivity index (χ3v) is 6.12. The molecule has 0 amide bonds. The fourth-order valence-electron chi connectivity index (χ4n) is 2.10. The van der Waals surface area contributed by atoms with Gasteiger partial charge in [-0.2, -0.15) is 0 Å². The van der Waals surface area contributed by atoms with Gasteiger partial charge in [0.15, 0.2) is 11.5 Å². The molecule has 2 aromatic carbocycles. The first-order valence-electron chi connectivity index (χ1n) is 7.82. The molecule has 10 heteroatoms. The maximum atomic E-state index is 10.8. The third-order valence-electron chi connectivity index (χ3n) is 3.58. The van der Waals surface area contributed by atoms with Gasteiger partial charge in [0.05, 0.1) is 32.1 Å². The molecule has 27 heavy (non-hydrogen) atoms. The molecular weight excluding hydrogens is 436 g/mol. The Kier molecular flexibility index (Phi) is 7.92. The predicted octanol–water partition coefficient (Wildman–Crippen LogP) is 4.51. The van der Waals surface area contributed by atoms with Gasteiger partial charge in [-0.15, -0.1) is 0 Å². The van der Waals surface area contributed by atoms with Gasteiger partial charge in [-0.05, 0) is 18.2 Å². The van der Waals surface area contributed by atoms with Crippen LogP contribution in [0.5, 0.6) is 11.5 Å². The van der Waals surface area contributed by atoms with E-state index < -0.39 is 17.9 Å². The van der Waals surface area contributed by atoms with Crippen LogP contribution >= 0.6 is 15.9 Å². The van der Waals surface area contributed by atoms with Crippen LogP contribution in [0.2, 0.25) is 19.6 Å². The van der Waals surface area contributed by atoms with Gasteiger partial charge in [-0.1, -0.05) is 46.8 Å². The first-order chi connectivity index (χ1) is 12.5. The standard InChI is InChI=1S/C10H15NO3Si.C7H6BrNO3/c1-14-10-6-5-8(15(2,3)4)7-9(10)11(12)13;1-12-7-3-2-5(8)4-6(7)9(10)11/h5-7H,1-4H3;2-4H,1H3. The maximum absolute atomic E-state index is 10.8. The molecule has 146 valence electrons. The molecular formula is C17H21BrN2O6Si. The van der Waals surface area contributed by atoms with E-state index >= 15 is 0 Å². The van der Waals surface area contributed by atoms with Crippen LogP contribution in [-0.2, 0) is 0 Å². The summed E-state index contributed by atoms with van der Waals surface area (Å²) < 4.78 is 10.4. The van der Waals surface area contributed by atoms with Crippen molar-refractivity contribution in [1.82, 2.24) is 0 Å². The normalized spacial score (nSPS) is 10.4. The highest BCUT2D eigenvalue weighted by atomic mass is 79.9. The number of ether oxygens (including phenoxy) is 2. The maximum Gasteiger partial charge on any atom is 0.312 e. The molecule has 0 N–H and O–H groups in total. The highest BCUT2D eigenvalue weighted by Crippen LogP contribution is 2.29. The number of halogens is 1. The highest BCUT2D eigenvalue weighted by Gasteiger charge is 2.22. The molecule has 0 aliphatic heterocycles. The first-order valence-corrected chi connectivity index (χ1v) is 12.1. The van der Waals surface area contributed by atoms with Gasteiger partial charge < -0.3 is 9.47 Å². The van der Waals surface area contributed by atoms with Crippen LogP contribution in [-0.4, -0.2) is 32.1 Å². The van der Waals surface area contributed by atoms with Crippen molar-refractivity contribution in [2.75, 3.05) is 14.2 Å². The molecule has 0 radical (unpaired) electrons. The Morgan fingerprint density at radius 3 is 1.70 bits per heavy atom. The number of rotatable bonds is 5. The van der Waals surface area contributed by atoms with E-state index in [1.54, 1.807) is 24.3 Å². The fraction of sp³-hybridized carbons (Fsp3) is 0.294. The Labute approximate surface area is 166 Å². The highest BCUT2D eigenvalue weighted by molar-refractivity contribution is 9.10. The second kappa shape index (κ2) is 9.47. The average Bonchev–Trinajstić information content (AvgIpc) is 2.60. The molecule has 0 atom stereocenters. The Balaban J connectivity index is 0.000000277. The Morgan fingerprint density at radius 2 is 1.30 bits per heavy atom. The molecule has 8 nitrogen and oxygen atoms in total. The average molecular weight is 457 g/mol. The van der Waals surface area contributed by atoms with Crippen LogP contribution < -0.4 is 14.7 Å². The molecule has 0 bridgehead atoms. The Morgan fingerprint density at radius 1 is 0.852 bits per heavy atom. The Hall–Kier alpha value is -2.46. The van der Waals surface area contributed by atoms with Crippen molar-refractivity contribution in [2.24, 2.45) is 0 Å². The second-order valence-electron chi connectivity index (χ2n) is 6.47. The number of hydrogen-bond acceptors (Lipinski definition) is 6. The van der Waals surface area contributed by atoms with Crippen LogP contribution in [0.15, 0.2) is 40.9 Å². The summed E-state index contributed by atoms with van der Waals surface area (Å²) in [6.07, 6.45) is 0. The van der Waals surface area contributed by atoms with Gasteiger partial charge in [0.2, 0.25) is 0 Å². The van der Waals surface area contributed by atoms with Crippen LogP contribution in [0, 0.1) is 20.2 Å². The molecule has 0 aliphatic carbocycles. The minimum absolute atomic E-state index is 0.0353. The number of hydrogen-bond donors (Lipinski definition) is 0. The zero-order valence-corrected chi connectivity index (χ0v) is 18.3. The number of benzene rings is 2. The number of nitro benzene ring substituents is 2. The number of nitrogens with zero attached hydrogens (tertiary/aromatic N) is 2. The van der Waals surface area contributed by atoms with E-state index in [-0.39, 0.29) is 17.1 Å². The molecule has 2 aromatic rings. The van der Waals surface area contributed by atoms with Crippen LogP contribution in [0.3, 0.4) is 0 Å². The van der Waals surface area contributed by atoms with Crippen molar-refractivity contribution in [3.05, 3.63) is 61.1 Å². The van der Waals surface area contributed by atoms with Gasteiger partial charge in [-0.25, -0.2) is 0 Å². The topological polar surface area (TPSA) is 105 Å². The van der Waals surface area contributed by atoms with E-state index in [1.807, 2.05) is 6.07 Å². The summed E-state index contributed by atoms with van der Waals surface area (Å²) in [5.74, 6) is 0.588. The van der Waals surface area contributed by atoms with Crippen LogP contribution in [0.1, 0.15) is 0 Å². The smallest absolute Gasteiger partial charge is 0.312 e. The molecule has 0 spiro atoms. The van der Waals surface area contributed by atoms with Gasteiger partial charge in [0, 0.05) is 16.6 Å². The minimum Gasteiger partial charge on any atom is -0.490 e. The van der Waals surface area contributed by atoms with Crippen LogP contribution in [0.25, 0.3) is 0 Å². The number of nitro groups is 2. The van der Waals surface area contributed by atoms with Crippen molar-refractivity contribution in [3.8, 4) is 11.5 Å². The summed E-state index contributed by atoms with van der Waals surface area (Å²) in [6, 6.07) is 9.85. The lowest BCUT2D eigenvalue weighted by atomic mass is 10.3. The molecule has 0 unspecified atom stereocenters. The second-order valence-corrected chi connectivity index (χ2v) is 12.5. The molecule has 0 aliphatic rings. The van der Waals surface area contributed by atoms with Gasteiger partial charge >= 0.3 is 11.4 Å². The summed E-state index contributed by atoms with van der Waals surface area (Å²) in [4.78, 5) is 20.4. The van der Waals surface area contributed by atoms with Crippen molar-refractivity contribution in [1.29, 1.82) is 0 Å². The molecule has 2 rings (SSSR count). The van der Waals surface area contributed by atoms with Crippen molar-refractivity contribution < 1.29 is 19.3 Å². The number of methoxy groups -OCH3 is 2. The Bertz CT molecular complexity index is 839. The fourth-order valence-corrected chi connectivity index (χ4v) is 3.61. The third kappa shape index (κ3) is 6.33. The summed E-state index contributed by atoms with van der Waals surface area (Å²) in [7, 11) is 1.33. The van der Waals surface area contributed by atoms with Gasteiger partial charge in [-0.3, -0.25) is 20.2 Å². The van der Waals surface area contributed by atoms with Crippen molar-refractivity contribution >= 4 is 40.6 Å². The summed E-state index contributed by atoms with van der Waals surface area (Å²) in [6.45, 7) is 6.45. The molecule has 0 fully saturated rings. The van der Waals surface area contributed by atoms with E-state index in [1.165, 1.54) is 20.3 Å². The summed E-state index contributed by atoms with van der Waals surface area (Å²) in [5.41, 5.74) is 0.0179. The minimum atomic E-state index is -1.51. The lowest BCUT2D eigenvalue weighted by Crippen LogP contribution is -2.37. The summed E-state index contributed by atoms with van der Waals surface area (Å²) in [5, 5.41) is 22.3. The van der Waals surface area contributed by atoms with Crippen molar-refractivity contribution in [2.45, 2.75) is 19.6 Å². The van der Waals surface area contributed by atoms with Crippen molar-refractivity contribution in [3.63, 3.8) is 0 Å². The van der Waals surface area contributed by atoms with E-state index in [2.05, 4.69) is 35.6 Å². The first kappa shape index (κ1) is 22.6. The van der Waals surface area contributed by atoms with Crippen LogP contribution in [0.4, 0.5) is 11.4 Å². The van der Waals surface area contributed by atoms with E-state index in [0.717, 1.165) is 5.19 Å². The van der Waals surface area contributed by atoms with Gasteiger partial charge in [0.1, 0.15) is 0 Å². The predicted molar refractivity (Wildman–Crippen MR) is 110 cm³/mol. The molecule has 0 saturated carbocycles. The zero-order valence-electron chi connectivity index (χ0n) is 15.7. The lowest BCUT2D eigenvalue weighted by Gasteiger charge is -2.16. The lowest BCUT2D eigenvalue weighted by molar-refractivity contribution is -0.385. The molecule has 0 aromatic heterocycles. The summed E-state index contributed by atoms with van der Waals surface area (Å²) >= 11 is 3.13. The van der Waals surface area contributed by atoms with Gasteiger partial charge in [0.25, 0.3) is 0 Å². The molecule has 0 saturated heterocycles. The van der Waals surface area contributed by atoms with E-state index in [0.29, 0.717) is 10.2 Å². The quantitative estimate of drug-likeness (QED) is 0.372. The zero-order chi connectivity index (χ0) is 20.8. The van der Waals surface area contributed by atoms with E-state index in [4.69, 9.17) is 9.47 Å². The van der Waals surface area contributed by atoms with E-state index in [9.17, 15) is 20.2 Å². The largest absolute Gasteiger partial charge is 0.490 e. The SMILES string of the molecule is COc1ccc(Br)cc1[N+](=O)[O-].COc1ccc([Si](C)(C)C)cc1[N+](=O)[O-]. The monoisotopic (exact) mass is 456 g/mol.